The number of halogens is 5. The highest BCUT2D eigenvalue weighted by molar-refractivity contribution is 7.57. The number of carboxylic acid groups (broad SMARTS) is 2. The van der Waals surface area contributed by atoms with E-state index < -0.39 is 84.7 Å². The van der Waals surface area contributed by atoms with Gasteiger partial charge >= 0.3 is 11.9 Å². The number of rotatable bonds is 8. The van der Waals surface area contributed by atoms with Crippen LogP contribution in [0.15, 0.2) is 0 Å². The van der Waals surface area contributed by atoms with E-state index in [9.17, 15) is 41.0 Å². The molecule has 0 aromatic heterocycles. The van der Waals surface area contributed by atoms with E-state index >= 15 is 0 Å². The summed E-state index contributed by atoms with van der Waals surface area (Å²) in [7, 11) is -4.89. The van der Waals surface area contributed by atoms with Gasteiger partial charge in [-0.15, -0.1) is 0 Å². The number of carbonyl (C=O) groups is 2. The van der Waals surface area contributed by atoms with E-state index in [4.69, 9.17) is 15.9 Å². The molecule has 0 fully saturated rings. The first-order chi connectivity index (χ1) is 11.7. The summed E-state index contributed by atoms with van der Waals surface area (Å²) in [5.41, 5.74) is 1.24. The van der Waals surface area contributed by atoms with E-state index in [1.807, 2.05) is 0 Å². The Morgan fingerprint density at radius 3 is 1.77 bits per heavy atom. The Bertz CT molecular complexity index is 775. The highest BCUT2D eigenvalue weighted by atomic mass is 31.2. The van der Waals surface area contributed by atoms with Crippen LogP contribution in [0.5, 0.6) is 0 Å². The van der Waals surface area contributed by atoms with Gasteiger partial charge in [0.1, 0.15) is 5.54 Å². The van der Waals surface area contributed by atoms with Crippen LogP contribution >= 0.6 is 7.37 Å². The molecular weight excluding hydrogens is 392 g/mol. The molecule has 0 aliphatic carbocycles. The zero-order valence-electron chi connectivity index (χ0n) is 12.8. The quantitative estimate of drug-likeness (QED) is 0.224. The van der Waals surface area contributed by atoms with E-state index in [-0.39, 0.29) is 0 Å². The predicted octanol–water partition coefficient (Wildman–Crippen LogP) is 1.80. The fourth-order valence-corrected chi connectivity index (χ4v) is 4.18. The molecule has 7 nitrogen and oxygen atoms in total. The van der Waals surface area contributed by atoms with E-state index in [0.717, 1.165) is 0 Å². The Labute approximate surface area is 142 Å². The first-order valence-electron chi connectivity index (χ1n) is 6.77. The zero-order valence-corrected chi connectivity index (χ0v) is 13.7. The molecule has 0 radical (unpaired) electrons. The lowest BCUT2D eigenvalue weighted by molar-refractivity contribution is -0.143. The van der Waals surface area contributed by atoms with Gasteiger partial charge in [0.25, 0.3) is 0 Å². The second-order valence-corrected chi connectivity index (χ2v) is 7.89. The SMILES string of the molecule is N[C@](CCC(=O)O)(CP(=O)(O)Cc1c(F)c(F)c(F)c(F)c1F)C(=O)O. The molecule has 26 heavy (non-hydrogen) atoms. The van der Waals surface area contributed by atoms with Gasteiger partial charge in [0.15, 0.2) is 23.3 Å². The summed E-state index contributed by atoms with van der Waals surface area (Å²) in [6, 6.07) is 0. The van der Waals surface area contributed by atoms with E-state index in [1.165, 1.54) is 0 Å². The van der Waals surface area contributed by atoms with Crippen molar-refractivity contribution in [3.63, 3.8) is 0 Å². The van der Waals surface area contributed by atoms with Gasteiger partial charge in [-0.1, -0.05) is 0 Å². The second kappa shape index (κ2) is 7.68. The van der Waals surface area contributed by atoms with Crippen LogP contribution in [0.25, 0.3) is 0 Å². The largest absolute Gasteiger partial charge is 0.481 e. The van der Waals surface area contributed by atoms with Crippen molar-refractivity contribution < 1.29 is 51.2 Å². The third kappa shape index (κ3) is 4.77. The average molecular weight is 405 g/mol. The first kappa shape index (κ1) is 22.0. The summed E-state index contributed by atoms with van der Waals surface area (Å²) >= 11 is 0. The maximum absolute atomic E-state index is 13.6. The molecule has 0 spiro atoms. The molecule has 1 aromatic rings. The van der Waals surface area contributed by atoms with Crippen molar-refractivity contribution in [1.82, 2.24) is 0 Å². The van der Waals surface area contributed by atoms with Gasteiger partial charge < -0.3 is 20.8 Å². The number of aliphatic carboxylic acids is 2. The normalized spacial score (nSPS) is 16.0. The molecule has 1 rings (SSSR count). The lowest BCUT2D eigenvalue weighted by atomic mass is 9.97. The maximum Gasteiger partial charge on any atom is 0.324 e. The molecule has 0 saturated heterocycles. The van der Waals surface area contributed by atoms with Crippen molar-refractivity contribution >= 4 is 19.3 Å². The molecule has 2 atom stereocenters. The van der Waals surface area contributed by atoms with Crippen LogP contribution in [0.4, 0.5) is 22.0 Å². The first-order valence-corrected chi connectivity index (χ1v) is 8.80. The predicted molar refractivity (Wildman–Crippen MR) is 76.1 cm³/mol. The molecule has 13 heteroatoms. The lowest BCUT2D eigenvalue weighted by Gasteiger charge is -2.26. The van der Waals surface area contributed by atoms with Crippen molar-refractivity contribution in [3.8, 4) is 0 Å². The molecule has 0 amide bonds. The molecule has 0 bridgehead atoms. The van der Waals surface area contributed by atoms with Gasteiger partial charge in [-0.05, 0) is 6.42 Å². The van der Waals surface area contributed by atoms with E-state index in [1.54, 1.807) is 0 Å². The van der Waals surface area contributed by atoms with Gasteiger partial charge in [0, 0.05) is 12.0 Å². The van der Waals surface area contributed by atoms with Gasteiger partial charge in [-0.3, -0.25) is 14.2 Å². The van der Waals surface area contributed by atoms with Crippen molar-refractivity contribution in [3.05, 3.63) is 34.6 Å². The number of hydrogen-bond donors (Lipinski definition) is 4. The maximum atomic E-state index is 13.6. The fourth-order valence-electron chi connectivity index (χ4n) is 2.12. The summed E-state index contributed by atoms with van der Waals surface area (Å²) in [6.07, 6.45) is -4.54. The monoisotopic (exact) mass is 405 g/mol. The van der Waals surface area contributed by atoms with Crippen molar-refractivity contribution in [2.24, 2.45) is 5.73 Å². The lowest BCUT2D eigenvalue weighted by Crippen LogP contribution is -2.51. The van der Waals surface area contributed by atoms with Gasteiger partial charge in [0.2, 0.25) is 13.2 Å². The molecule has 0 aliphatic heterocycles. The summed E-state index contributed by atoms with van der Waals surface area (Å²) in [4.78, 5) is 31.5. The Hall–Kier alpha value is -2.04. The van der Waals surface area contributed by atoms with Crippen LogP contribution in [0.3, 0.4) is 0 Å². The average Bonchev–Trinajstić information content (AvgIpc) is 2.52. The fraction of sp³-hybridized carbons (Fsp3) is 0.385. The van der Waals surface area contributed by atoms with E-state index in [0.29, 0.717) is 0 Å². The third-order valence-corrected chi connectivity index (χ3v) is 5.31. The van der Waals surface area contributed by atoms with Crippen molar-refractivity contribution in [2.45, 2.75) is 24.5 Å². The summed E-state index contributed by atoms with van der Waals surface area (Å²) in [5, 5.41) is 17.6. The Morgan fingerprint density at radius 2 is 1.38 bits per heavy atom. The minimum Gasteiger partial charge on any atom is -0.481 e. The highest BCUT2D eigenvalue weighted by Crippen LogP contribution is 2.48. The highest BCUT2D eigenvalue weighted by Gasteiger charge is 2.42. The number of benzene rings is 1. The smallest absolute Gasteiger partial charge is 0.324 e. The molecule has 5 N–H and O–H groups in total. The standard InChI is InChI=1S/C13H13F5NO6P/c14-7-5(8(15)10(17)11(18)9(7)16)3-26(24,25)4-13(19,12(22)23)2-1-6(20)21/h1-4,19H2,(H,20,21)(H,22,23)(H,24,25)/t13-/m1/s1. The molecule has 0 saturated carbocycles. The van der Waals surface area contributed by atoms with E-state index in [2.05, 4.69) is 0 Å². The van der Waals surface area contributed by atoms with Crippen LogP contribution in [0.1, 0.15) is 18.4 Å². The summed E-state index contributed by atoms with van der Waals surface area (Å²) < 4.78 is 78.6. The number of carboxylic acids is 2. The molecular formula is C13H13F5NO6P. The summed E-state index contributed by atoms with van der Waals surface area (Å²) in [6.45, 7) is 0. The Morgan fingerprint density at radius 1 is 0.962 bits per heavy atom. The Kier molecular flexibility index (Phi) is 6.50. The minimum atomic E-state index is -4.89. The van der Waals surface area contributed by atoms with Crippen LogP contribution in [-0.4, -0.2) is 38.7 Å². The van der Waals surface area contributed by atoms with Crippen LogP contribution in [0, 0.1) is 29.1 Å². The molecule has 146 valence electrons. The molecule has 0 heterocycles. The molecule has 1 aromatic carbocycles. The van der Waals surface area contributed by atoms with Crippen LogP contribution < -0.4 is 5.73 Å². The number of hydrogen-bond acceptors (Lipinski definition) is 4. The molecule has 1 unspecified atom stereocenters. The minimum absolute atomic E-state index is 0.800. The zero-order chi connectivity index (χ0) is 20.4. The summed E-state index contributed by atoms with van der Waals surface area (Å²) in [5.74, 6) is -15.1. The number of nitrogens with two attached hydrogens (primary N) is 1. The Balaban J connectivity index is 3.22. The van der Waals surface area contributed by atoms with Gasteiger partial charge in [-0.25, -0.2) is 22.0 Å². The van der Waals surface area contributed by atoms with Gasteiger partial charge in [0.05, 0.1) is 12.3 Å². The third-order valence-electron chi connectivity index (χ3n) is 3.45. The second-order valence-electron chi connectivity index (χ2n) is 5.57. The molecule has 0 aliphatic rings. The van der Waals surface area contributed by atoms with Gasteiger partial charge in [-0.2, -0.15) is 0 Å². The topological polar surface area (TPSA) is 138 Å². The van der Waals surface area contributed by atoms with Crippen molar-refractivity contribution in [1.29, 1.82) is 0 Å². The van der Waals surface area contributed by atoms with Crippen molar-refractivity contribution in [2.75, 3.05) is 6.16 Å². The van der Waals surface area contributed by atoms with Crippen LogP contribution in [-0.2, 0) is 20.3 Å². The van der Waals surface area contributed by atoms with Crippen LogP contribution in [0.2, 0.25) is 0 Å².